The van der Waals surface area contributed by atoms with E-state index in [2.05, 4.69) is 5.32 Å². The summed E-state index contributed by atoms with van der Waals surface area (Å²) >= 11 is 4.97. The molecule has 1 atom stereocenters. The van der Waals surface area contributed by atoms with Crippen LogP contribution in [0, 0.1) is 0 Å². The number of benzene rings is 1. The number of alkyl halides is 2. The zero-order valence-electron chi connectivity index (χ0n) is 7.76. The molecule has 0 aliphatic rings. The summed E-state index contributed by atoms with van der Waals surface area (Å²) in [6, 6.07) is 7.21. The van der Waals surface area contributed by atoms with Gasteiger partial charge in [-0.05, 0) is 24.1 Å². The minimum Gasteiger partial charge on any atom is -0.322 e. The molecule has 1 amide bonds. The average molecular weight is 216 g/mol. The monoisotopic (exact) mass is 215 g/mol. The molecule has 0 heterocycles. The maximum absolute atomic E-state index is 12.3. The third-order valence-corrected chi connectivity index (χ3v) is 2.00. The second kappa shape index (κ2) is 4.96. The number of nitrogens with one attached hydrogen (secondary N) is 1. The first-order valence-electron chi connectivity index (χ1n) is 4.31. The van der Waals surface area contributed by atoms with Gasteiger partial charge >= 0.3 is 0 Å². The maximum Gasteiger partial charge on any atom is 0.274 e. The lowest BCUT2D eigenvalue weighted by molar-refractivity contribution is -0.118. The van der Waals surface area contributed by atoms with Crippen molar-refractivity contribution in [2.45, 2.75) is 19.0 Å². The summed E-state index contributed by atoms with van der Waals surface area (Å²) in [6.07, 6.45) is 0.865. The van der Waals surface area contributed by atoms with Crippen molar-refractivity contribution in [2.75, 3.05) is 5.32 Å². The van der Waals surface area contributed by atoms with Crippen molar-refractivity contribution in [3.63, 3.8) is 0 Å². The fourth-order valence-corrected chi connectivity index (χ4v) is 1.12. The zero-order chi connectivity index (χ0) is 10.6. The molecule has 0 aromatic heterocycles. The highest BCUT2D eigenvalue weighted by Gasteiger charge is 2.12. The van der Waals surface area contributed by atoms with Crippen molar-refractivity contribution in [2.24, 2.45) is 0 Å². The molecule has 0 aliphatic carbocycles. The Kier molecular flexibility index (Phi) is 3.89. The largest absolute Gasteiger partial charge is 0.322 e. The third kappa shape index (κ3) is 3.00. The van der Waals surface area contributed by atoms with E-state index in [9.17, 15) is 9.18 Å². The lowest BCUT2D eigenvalue weighted by atomic mass is 10.1. The Morgan fingerprint density at radius 3 is 2.93 bits per heavy atom. The van der Waals surface area contributed by atoms with Gasteiger partial charge in [0.1, 0.15) is 0 Å². The van der Waals surface area contributed by atoms with Crippen LogP contribution in [0.15, 0.2) is 24.3 Å². The van der Waals surface area contributed by atoms with Crippen molar-refractivity contribution >= 4 is 23.2 Å². The minimum atomic E-state index is -2.00. The van der Waals surface area contributed by atoms with E-state index in [0.29, 0.717) is 5.69 Å². The van der Waals surface area contributed by atoms with Gasteiger partial charge in [0.15, 0.2) is 0 Å². The molecular weight excluding hydrogens is 205 g/mol. The molecule has 1 unspecified atom stereocenters. The van der Waals surface area contributed by atoms with E-state index >= 15 is 0 Å². The average Bonchev–Trinajstić information content (AvgIpc) is 2.18. The molecule has 0 bridgehead atoms. The standard InChI is InChI=1S/C10H11ClFNO/c1-2-7-4-3-5-8(6-7)13-10(14)9(11)12/h3-6,9H,2H2,1H3,(H,13,14). The molecule has 4 heteroatoms. The minimum absolute atomic E-state index is 0.567. The normalized spacial score (nSPS) is 12.2. The van der Waals surface area contributed by atoms with Gasteiger partial charge in [-0.2, -0.15) is 0 Å². The van der Waals surface area contributed by atoms with Crippen molar-refractivity contribution in [1.29, 1.82) is 0 Å². The molecule has 0 radical (unpaired) electrons. The van der Waals surface area contributed by atoms with Crippen LogP contribution in [0.25, 0.3) is 0 Å². The lowest BCUT2D eigenvalue weighted by Gasteiger charge is -2.05. The van der Waals surface area contributed by atoms with Crippen LogP contribution >= 0.6 is 11.6 Å². The van der Waals surface area contributed by atoms with Crippen molar-refractivity contribution in [3.8, 4) is 0 Å². The van der Waals surface area contributed by atoms with E-state index < -0.39 is 11.5 Å². The summed E-state index contributed by atoms with van der Waals surface area (Å²) < 4.78 is 12.3. The molecule has 1 aromatic rings. The Labute approximate surface area is 87.1 Å². The predicted octanol–water partition coefficient (Wildman–Crippen LogP) is 2.72. The van der Waals surface area contributed by atoms with Crippen LogP contribution < -0.4 is 5.32 Å². The zero-order valence-corrected chi connectivity index (χ0v) is 8.51. The summed E-state index contributed by atoms with van der Waals surface area (Å²) in [5.41, 5.74) is -0.356. The smallest absolute Gasteiger partial charge is 0.274 e. The number of amides is 1. The van der Waals surface area contributed by atoms with Crippen LogP contribution in [0.5, 0.6) is 0 Å². The van der Waals surface area contributed by atoms with Crippen LogP contribution in [0.3, 0.4) is 0 Å². The van der Waals surface area contributed by atoms with Crippen LogP contribution in [0.1, 0.15) is 12.5 Å². The lowest BCUT2D eigenvalue weighted by Crippen LogP contribution is -2.19. The molecule has 2 nitrogen and oxygen atoms in total. The van der Waals surface area contributed by atoms with Crippen LogP contribution in [0.2, 0.25) is 0 Å². The Morgan fingerprint density at radius 2 is 2.36 bits per heavy atom. The Morgan fingerprint density at radius 1 is 1.64 bits per heavy atom. The van der Waals surface area contributed by atoms with E-state index in [1.165, 1.54) is 0 Å². The van der Waals surface area contributed by atoms with Gasteiger partial charge in [0.05, 0.1) is 0 Å². The van der Waals surface area contributed by atoms with Crippen LogP contribution in [-0.2, 0) is 11.2 Å². The molecule has 0 saturated heterocycles. The van der Waals surface area contributed by atoms with Crippen molar-refractivity contribution in [3.05, 3.63) is 29.8 Å². The molecule has 0 saturated carbocycles. The van der Waals surface area contributed by atoms with Crippen molar-refractivity contribution < 1.29 is 9.18 Å². The van der Waals surface area contributed by atoms with Gasteiger partial charge < -0.3 is 5.32 Å². The molecule has 76 valence electrons. The van der Waals surface area contributed by atoms with Gasteiger partial charge in [0.2, 0.25) is 0 Å². The van der Waals surface area contributed by atoms with E-state index in [4.69, 9.17) is 11.6 Å². The number of hydrogen-bond acceptors (Lipinski definition) is 1. The Bertz CT molecular complexity index is 328. The van der Waals surface area contributed by atoms with Gasteiger partial charge in [-0.3, -0.25) is 4.79 Å². The molecule has 0 aliphatic heterocycles. The molecule has 0 spiro atoms. The van der Waals surface area contributed by atoms with Crippen LogP contribution in [-0.4, -0.2) is 11.5 Å². The summed E-state index contributed by atoms with van der Waals surface area (Å²) in [5, 5.41) is 2.37. The number of carbonyl (C=O) groups is 1. The summed E-state index contributed by atoms with van der Waals surface area (Å²) in [7, 11) is 0. The SMILES string of the molecule is CCc1cccc(NC(=O)C(F)Cl)c1. The van der Waals surface area contributed by atoms with Crippen molar-refractivity contribution in [1.82, 2.24) is 0 Å². The first kappa shape index (κ1) is 11.0. The van der Waals surface area contributed by atoms with Gasteiger partial charge in [0.25, 0.3) is 11.5 Å². The second-order valence-electron chi connectivity index (χ2n) is 2.84. The van der Waals surface area contributed by atoms with E-state index in [0.717, 1.165) is 12.0 Å². The number of aryl methyl sites for hydroxylation is 1. The fraction of sp³-hybridized carbons (Fsp3) is 0.300. The second-order valence-corrected chi connectivity index (χ2v) is 3.23. The first-order valence-corrected chi connectivity index (χ1v) is 4.75. The topological polar surface area (TPSA) is 29.1 Å². The number of hydrogen-bond donors (Lipinski definition) is 1. The summed E-state index contributed by atoms with van der Waals surface area (Å²) in [4.78, 5) is 10.9. The molecule has 1 N–H and O–H groups in total. The molecule has 14 heavy (non-hydrogen) atoms. The predicted molar refractivity (Wildman–Crippen MR) is 55.2 cm³/mol. The molecule has 0 fully saturated rings. The highest BCUT2D eigenvalue weighted by atomic mass is 35.5. The fourth-order valence-electron chi connectivity index (χ4n) is 1.07. The maximum atomic E-state index is 12.3. The number of anilines is 1. The number of halogens is 2. The highest BCUT2D eigenvalue weighted by molar-refractivity contribution is 6.31. The van der Waals surface area contributed by atoms with Gasteiger partial charge in [-0.15, -0.1) is 0 Å². The quantitative estimate of drug-likeness (QED) is 0.772. The van der Waals surface area contributed by atoms with E-state index in [1.54, 1.807) is 18.2 Å². The van der Waals surface area contributed by atoms with E-state index in [1.807, 2.05) is 13.0 Å². The number of carbonyl (C=O) groups excluding carboxylic acids is 1. The summed E-state index contributed by atoms with van der Waals surface area (Å²) in [6.45, 7) is 2.00. The first-order chi connectivity index (χ1) is 6.63. The Balaban J connectivity index is 2.72. The van der Waals surface area contributed by atoms with Crippen LogP contribution in [0.4, 0.5) is 10.1 Å². The van der Waals surface area contributed by atoms with Gasteiger partial charge in [-0.25, -0.2) is 4.39 Å². The third-order valence-electron chi connectivity index (χ3n) is 1.80. The van der Waals surface area contributed by atoms with Gasteiger partial charge in [-0.1, -0.05) is 30.7 Å². The molecule has 1 aromatic carbocycles. The molecular formula is C10H11ClFNO. The van der Waals surface area contributed by atoms with E-state index in [-0.39, 0.29) is 0 Å². The highest BCUT2D eigenvalue weighted by Crippen LogP contribution is 2.12. The Hall–Kier alpha value is -1.09. The molecule has 1 rings (SSSR count). The van der Waals surface area contributed by atoms with Gasteiger partial charge in [0, 0.05) is 5.69 Å². The number of rotatable bonds is 3. The summed E-state index contributed by atoms with van der Waals surface area (Å²) in [5.74, 6) is -0.833.